The Morgan fingerprint density at radius 2 is 2.00 bits per heavy atom. The van der Waals surface area contributed by atoms with E-state index in [1.54, 1.807) is 38.1 Å². The molecule has 0 saturated carbocycles. The van der Waals surface area contributed by atoms with E-state index in [1.807, 2.05) is 0 Å². The van der Waals surface area contributed by atoms with E-state index in [-0.39, 0.29) is 18.1 Å². The Labute approximate surface area is 130 Å². The average molecular weight is 349 g/mol. The van der Waals surface area contributed by atoms with Crippen LogP contribution in [-0.4, -0.2) is 28.9 Å². The average Bonchev–Trinajstić information content (AvgIpc) is 2.79. The highest BCUT2D eigenvalue weighted by Crippen LogP contribution is 2.28. The molecule has 0 aliphatic heterocycles. The van der Waals surface area contributed by atoms with Crippen molar-refractivity contribution in [1.82, 2.24) is 15.0 Å². The summed E-state index contributed by atoms with van der Waals surface area (Å²) in [5.74, 6) is -0.493. The number of rotatable bonds is 5. The summed E-state index contributed by atoms with van der Waals surface area (Å²) in [5, 5.41) is 7.61. The van der Waals surface area contributed by atoms with E-state index < -0.39 is 15.6 Å². The summed E-state index contributed by atoms with van der Waals surface area (Å²) < 4.78 is 65.3. The van der Waals surface area contributed by atoms with Gasteiger partial charge in [0.2, 0.25) is 0 Å². The molecule has 0 bridgehead atoms. The summed E-state index contributed by atoms with van der Waals surface area (Å²) in [6.45, 7) is 3.44. The maximum atomic E-state index is 12.5. The smallest absolute Gasteiger partial charge is 0.379 e. The van der Waals surface area contributed by atoms with Crippen LogP contribution in [0.2, 0.25) is 0 Å². The zero-order valence-corrected chi connectivity index (χ0v) is 13.1. The number of hydrogen-bond acceptors (Lipinski definition) is 5. The second-order valence-electron chi connectivity index (χ2n) is 5.20. The van der Waals surface area contributed by atoms with Crippen LogP contribution >= 0.6 is 0 Å². The molecule has 2 aromatic rings. The van der Waals surface area contributed by atoms with Crippen molar-refractivity contribution in [3.63, 3.8) is 0 Å². The fourth-order valence-electron chi connectivity index (χ4n) is 1.82. The lowest BCUT2D eigenvalue weighted by Crippen LogP contribution is -2.25. The first-order valence-corrected chi connectivity index (χ1v) is 8.02. The maximum absolute atomic E-state index is 12.5. The summed E-state index contributed by atoms with van der Waals surface area (Å²) in [4.78, 5) is 0. The van der Waals surface area contributed by atoms with Gasteiger partial charge in [-0.1, -0.05) is 31.2 Å². The van der Waals surface area contributed by atoms with E-state index in [0.717, 1.165) is 6.20 Å². The molecule has 0 aliphatic rings. The molecular formula is C13H14F3N3O3S. The monoisotopic (exact) mass is 349 g/mol. The van der Waals surface area contributed by atoms with Gasteiger partial charge in [-0.3, -0.25) is 0 Å². The zero-order valence-electron chi connectivity index (χ0n) is 12.3. The molecular weight excluding hydrogens is 335 g/mol. The summed E-state index contributed by atoms with van der Waals surface area (Å²) in [7, 11) is -5.73. The highest BCUT2D eigenvalue weighted by atomic mass is 32.2. The number of alkyl halides is 3. The summed E-state index contributed by atoms with van der Waals surface area (Å²) >= 11 is 0. The predicted molar refractivity (Wildman–Crippen MR) is 77.3 cm³/mol. The van der Waals surface area contributed by atoms with Crippen molar-refractivity contribution in [3.8, 4) is 0 Å². The first kappa shape index (κ1) is 17.3. The molecule has 0 fully saturated rings. The van der Waals surface area contributed by atoms with E-state index in [9.17, 15) is 21.6 Å². The van der Waals surface area contributed by atoms with Gasteiger partial charge in [-0.05, 0) is 18.1 Å². The van der Waals surface area contributed by atoms with Crippen molar-refractivity contribution >= 4 is 27.4 Å². The molecule has 0 amide bonds. The number of aromatic nitrogens is 3. The van der Waals surface area contributed by atoms with Crippen LogP contribution < -0.4 is 0 Å². The number of benzene rings is 1. The molecule has 0 radical (unpaired) electrons. The molecule has 1 heterocycles. The quantitative estimate of drug-likeness (QED) is 0.471. The van der Waals surface area contributed by atoms with E-state index in [0.29, 0.717) is 11.0 Å². The minimum absolute atomic E-state index is 0.0104. The fraction of sp³-hybridized carbons (Fsp3) is 0.385. The summed E-state index contributed by atoms with van der Waals surface area (Å²) in [6.07, 6.45) is 1.09. The summed E-state index contributed by atoms with van der Waals surface area (Å²) in [6, 6.07) is 6.75. The first-order chi connectivity index (χ1) is 10.6. The van der Waals surface area contributed by atoms with Gasteiger partial charge in [0, 0.05) is 6.42 Å². The van der Waals surface area contributed by atoms with Gasteiger partial charge in [-0.2, -0.15) is 21.6 Å². The Balaban J connectivity index is 2.43. The van der Waals surface area contributed by atoms with Gasteiger partial charge in [-0.15, -0.1) is 5.10 Å². The summed E-state index contributed by atoms with van der Waals surface area (Å²) in [5.41, 5.74) is -4.46. The van der Waals surface area contributed by atoms with Crippen LogP contribution in [0.4, 0.5) is 13.2 Å². The maximum Gasteiger partial charge on any atom is 0.534 e. The van der Waals surface area contributed by atoms with E-state index in [1.165, 1.54) is 4.68 Å². The van der Waals surface area contributed by atoms with Crippen molar-refractivity contribution in [2.75, 3.05) is 0 Å². The van der Waals surface area contributed by atoms with Gasteiger partial charge in [0.1, 0.15) is 11.3 Å². The molecule has 2 rings (SSSR count). The van der Waals surface area contributed by atoms with Crippen LogP contribution in [0, 0.1) is 5.92 Å². The van der Waals surface area contributed by atoms with Crippen molar-refractivity contribution in [3.05, 3.63) is 30.0 Å². The lowest BCUT2D eigenvalue weighted by atomic mass is 10.1. The molecule has 1 aromatic heterocycles. The third kappa shape index (κ3) is 4.01. The largest absolute Gasteiger partial charge is 0.534 e. The normalized spacial score (nSPS) is 13.7. The lowest BCUT2D eigenvalue weighted by molar-refractivity contribution is -0.0523. The molecule has 126 valence electrons. The van der Waals surface area contributed by atoms with Gasteiger partial charge in [0.15, 0.2) is 0 Å². The second kappa shape index (κ2) is 6.19. The Bertz CT molecular complexity index is 826. The molecule has 6 nitrogen and oxygen atoms in total. The number of nitrogens with zero attached hydrogens (tertiary/aromatic N) is 3. The molecule has 1 aromatic carbocycles. The Kier molecular flexibility index (Phi) is 4.64. The van der Waals surface area contributed by atoms with E-state index in [2.05, 4.69) is 14.5 Å². The zero-order chi connectivity index (χ0) is 17.3. The van der Waals surface area contributed by atoms with Crippen LogP contribution in [0.25, 0.3) is 17.2 Å². The Morgan fingerprint density at radius 1 is 1.35 bits per heavy atom. The molecule has 0 N–H and O–H groups in total. The molecule has 0 atom stereocenters. The number of halogens is 3. The Hall–Kier alpha value is -2.10. The Morgan fingerprint density at radius 3 is 2.61 bits per heavy atom. The standard InChI is InChI=1S/C13H14F3N3O3S/c1-9(2)7-10(22-23(20,21)13(14,15)16)8-19-12-6-4-3-5-11(12)17-18-19/h3-6,8-9H,7H2,1-2H3/b10-8-. The van der Waals surface area contributed by atoms with Crippen molar-refractivity contribution in [1.29, 1.82) is 0 Å². The SMILES string of the molecule is CC(C)C/C(=C/n1nnc2ccccc21)OS(=O)(=O)C(F)(F)F. The van der Waals surface area contributed by atoms with Gasteiger partial charge >= 0.3 is 15.6 Å². The van der Waals surface area contributed by atoms with Crippen LogP contribution in [0.15, 0.2) is 30.0 Å². The molecule has 0 unspecified atom stereocenters. The van der Waals surface area contributed by atoms with Crippen LogP contribution in [-0.2, 0) is 14.3 Å². The minimum atomic E-state index is -5.73. The molecule has 0 aliphatic carbocycles. The van der Waals surface area contributed by atoms with Gasteiger partial charge in [0.05, 0.1) is 11.7 Å². The molecule has 10 heteroatoms. The fourth-order valence-corrected chi connectivity index (χ4v) is 2.30. The van der Waals surface area contributed by atoms with Gasteiger partial charge in [0.25, 0.3) is 0 Å². The third-order valence-electron chi connectivity index (χ3n) is 2.75. The number of fused-ring (bicyclic) bond motifs is 1. The molecule has 0 spiro atoms. The van der Waals surface area contributed by atoms with Crippen LogP contribution in [0.3, 0.4) is 0 Å². The van der Waals surface area contributed by atoms with Gasteiger partial charge < -0.3 is 4.18 Å². The number of hydrogen-bond donors (Lipinski definition) is 0. The van der Waals surface area contributed by atoms with E-state index in [4.69, 9.17) is 0 Å². The molecule has 23 heavy (non-hydrogen) atoms. The third-order valence-corrected chi connectivity index (χ3v) is 3.75. The van der Waals surface area contributed by atoms with Crippen LogP contribution in [0.1, 0.15) is 20.3 Å². The van der Waals surface area contributed by atoms with Crippen molar-refractivity contribution < 1.29 is 25.8 Å². The highest BCUT2D eigenvalue weighted by Gasteiger charge is 2.48. The van der Waals surface area contributed by atoms with Gasteiger partial charge in [-0.25, -0.2) is 4.68 Å². The highest BCUT2D eigenvalue weighted by molar-refractivity contribution is 7.87. The van der Waals surface area contributed by atoms with Crippen LogP contribution in [0.5, 0.6) is 0 Å². The topological polar surface area (TPSA) is 74.1 Å². The molecule has 0 saturated heterocycles. The first-order valence-electron chi connectivity index (χ1n) is 6.61. The van der Waals surface area contributed by atoms with Crippen molar-refractivity contribution in [2.45, 2.75) is 25.8 Å². The number of para-hydroxylation sites is 1. The predicted octanol–water partition coefficient (Wildman–Crippen LogP) is 3.14. The second-order valence-corrected chi connectivity index (χ2v) is 6.74. The minimum Gasteiger partial charge on any atom is -0.379 e. The van der Waals surface area contributed by atoms with E-state index >= 15 is 0 Å². The number of allylic oxidation sites excluding steroid dienone is 1. The van der Waals surface area contributed by atoms with Crippen molar-refractivity contribution in [2.24, 2.45) is 5.92 Å². The lowest BCUT2D eigenvalue weighted by Gasteiger charge is -2.14.